The molecule has 1 N–H and O–H groups in total. The predicted molar refractivity (Wildman–Crippen MR) is 56.4 cm³/mol. The van der Waals surface area contributed by atoms with Gasteiger partial charge in [-0.25, -0.2) is 9.78 Å². The van der Waals surface area contributed by atoms with Crippen LogP contribution in [-0.2, 0) is 0 Å². The average molecular weight is 252 g/mol. The number of carboxylic acid groups (broad SMARTS) is 1. The number of pyridine rings is 1. The van der Waals surface area contributed by atoms with Gasteiger partial charge < -0.3 is 5.11 Å². The van der Waals surface area contributed by atoms with Gasteiger partial charge in [0.05, 0.1) is 11.1 Å². The third-order valence-corrected chi connectivity index (χ3v) is 2.36. The summed E-state index contributed by atoms with van der Waals surface area (Å²) in [5.41, 5.74) is 0.734. The molecule has 0 fully saturated rings. The van der Waals surface area contributed by atoms with Crippen LogP contribution in [0.15, 0.2) is 34.9 Å². The average Bonchev–Trinajstić information content (AvgIpc) is 2.16. The number of nitrogens with zero attached hydrogens (tertiary/aromatic N) is 1. The third kappa shape index (κ3) is 1.48. The van der Waals surface area contributed by atoms with Crippen molar-refractivity contribution in [1.82, 2.24) is 4.98 Å². The van der Waals surface area contributed by atoms with E-state index < -0.39 is 5.97 Å². The summed E-state index contributed by atoms with van der Waals surface area (Å²) in [7, 11) is 0. The molecule has 0 unspecified atom stereocenters. The van der Waals surface area contributed by atoms with Crippen LogP contribution in [0.1, 0.15) is 10.4 Å². The van der Waals surface area contributed by atoms with Crippen molar-refractivity contribution in [1.29, 1.82) is 0 Å². The van der Waals surface area contributed by atoms with Gasteiger partial charge in [0.15, 0.2) is 0 Å². The number of para-hydroxylation sites is 1. The van der Waals surface area contributed by atoms with Crippen LogP contribution in [-0.4, -0.2) is 16.1 Å². The highest BCUT2D eigenvalue weighted by Gasteiger charge is 2.08. The van der Waals surface area contributed by atoms with Crippen LogP contribution in [0, 0.1) is 0 Å². The number of rotatable bonds is 1. The maximum Gasteiger partial charge on any atom is 0.337 e. The van der Waals surface area contributed by atoms with Gasteiger partial charge in [-0.15, -0.1) is 0 Å². The Morgan fingerprint density at radius 1 is 1.29 bits per heavy atom. The van der Waals surface area contributed by atoms with Crippen molar-refractivity contribution in [3.8, 4) is 0 Å². The van der Waals surface area contributed by atoms with Crippen LogP contribution in [0.5, 0.6) is 0 Å². The van der Waals surface area contributed by atoms with Crippen molar-refractivity contribution in [2.24, 2.45) is 0 Å². The first-order valence-corrected chi connectivity index (χ1v) is 4.76. The third-order valence-electron chi connectivity index (χ3n) is 1.92. The molecular weight excluding hydrogens is 246 g/mol. The molecule has 4 heteroatoms. The topological polar surface area (TPSA) is 50.2 Å². The van der Waals surface area contributed by atoms with Crippen LogP contribution in [0.2, 0.25) is 0 Å². The molecule has 14 heavy (non-hydrogen) atoms. The molecule has 1 aromatic carbocycles. The molecule has 0 saturated heterocycles. The first kappa shape index (κ1) is 9.15. The van der Waals surface area contributed by atoms with Crippen molar-refractivity contribution in [2.75, 3.05) is 0 Å². The van der Waals surface area contributed by atoms with Crippen LogP contribution in [0.3, 0.4) is 0 Å². The molecule has 0 atom stereocenters. The lowest BCUT2D eigenvalue weighted by atomic mass is 10.1. The number of carboxylic acids is 1. The number of fused-ring (bicyclic) bond motifs is 1. The van der Waals surface area contributed by atoms with Gasteiger partial charge in [-0.3, -0.25) is 0 Å². The van der Waals surface area contributed by atoms with Gasteiger partial charge in [0, 0.05) is 5.39 Å². The molecule has 0 aliphatic carbocycles. The van der Waals surface area contributed by atoms with Crippen molar-refractivity contribution in [3.05, 3.63) is 40.5 Å². The highest BCUT2D eigenvalue weighted by Crippen LogP contribution is 2.19. The van der Waals surface area contributed by atoms with E-state index in [1.807, 2.05) is 12.1 Å². The zero-order valence-electron chi connectivity index (χ0n) is 7.07. The molecule has 70 valence electrons. The number of halogens is 1. The van der Waals surface area contributed by atoms with Gasteiger partial charge in [0.1, 0.15) is 4.60 Å². The van der Waals surface area contributed by atoms with E-state index in [0.717, 1.165) is 5.39 Å². The molecule has 0 aliphatic heterocycles. The lowest BCUT2D eigenvalue weighted by molar-refractivity contribution is 0.0699. The standard InChI is InChI=1S/C10H6BrNO2/c11-8-5-4-6-2-1-3-7(10(13)14)9(6)12-8/h1-5H,(H,13,14). The normalized spacial score (nSPS) is 10.4. The summed E-state index contributed by atoms with van der Waals surface area (Å²) >= 11 is 3.21. The summed E-state index contributed by atoms with van der Waals surface area (Å²) in [5, 5.41) is 9.75. The Morgan fingerprint density at radius 2 is 2.07 bits per heavy atom. The first-order chi connectivity index (χ1) is 6.68. The lowest BCUT2D eigenvalue weighted by Crippen LogP contribution is -1.98. The Kier molecular flexibility index (Phi) is 2.21. The van der Waals surface area contributed by atoms with E-state index in [-0.39, 0.29) is 5.56 Å². The molecule has 0 aliphatic rings. The van der Waals surface area contributed by atoms with Gasteiger partial charge in [0.25, 0.3) is 0 Å². The molecule has 1 heterocycles. The minimum atomic E-state index is -0.957. The van der Waals surface area contributed by atoms with E-state index in [4.69, 9.17) is 5.11 Å². The first-order valence-electron chi connectivity index (χ1n) is 3.97. The van der Waals surface area contributed by atoms with Gasteiger partial charge >= 0.3 is 5.97 Å². The minimum absolute atomic E-state index is 0.226. The molecular formula is C10H6BrNO2. The summed E-state index contributed by atoms with van der Waals surface area (Å²) in [6, 6.07) is 8.71. The monoisotopic (exact) mass is 251 g/mol. The van der Waals surface area contributed by atoms with Crippen molar-refractivity contribution in [3.63, 3.8) is 0 Å². The summed E-state index contributed by atoms with van der Waals surface area (Å²) in [4.78, 5) is 15.0. The highest BCUT2D eigenvalue weighted by atomic mass is 79.9. The van der Waals surface area contributed by atoms with Gasteiger partial charge in [-0.2, -0.15) is 0 Å². The van der Waals surface area contributed by atoms with E-state index in [1.54, 1.807) is 18.2 Å². The minimum Gasteiger partial charge on any atom is -0.478 e. The fraction of sp³-hybridized carbons (Fsp3) is 0. The zero-order valence-corrected chi connectivity index (χ0v) is 8.65. The molecule has 0 bridgehead atoms. The summed E-state index contributed by atoms with van der Waals surface area (Å²) in [6.45, 7) is 0. The molecule has 1 aromatic heterocycles. The predicted octanol–water partition coefficient (Wildman–Crippen LogP) is 2.70. The summed E-state index contributed by atoms with van der Waals surface area (Å²) in [6.07, 6.45) is 0. The summed E-state index contributed by atoms with van der Waals surface area (Å²) < 4.78 is 0.638. The molecule has 2 aromatic rings. The van der Waals surface area contributed by atoms with E-state index >= 15 is 0 Å². The number of hydrogen-bond acceptors (Lipinski definition) is 2. The molecule has 0 saturated carbocycles. The van der Waals surface area contributed by atoms with Gasteiger partial charge in [0.2, 0.25) is 0 Å². The van der Waals surface area contributed by atoms with E-state index in [9.17, 15) is 4.79 Å². The van der Waals surface area contributed by atoms with Crippen LogP contribution in [0.4, 0.5) is 0 Å². The Bertz CT molecular complexity index is 510. The van der Waals surface area contributed by atoms with Crippen LogP contribution in [0.25, 0.3) is 10.9 Å². The number of benzene rings is 1. The Morgan fingerprint density at radius 3 is 2.79 bits per heavy atom. The number of aromatic carboxylic acids is 1. The fourth-order valence-corrected chi connectivity index (χ4v) is 1.61. The van der Waals surface area contributed by atoms with Gasteiger partial charge in [-0.1, -0.05) is 18.2 Å². The lowest BCUT2D eigenvalue weighted by Gasteiger charge is -2.01. The van der Waals surface area contributed by atoms with Crippen molar-refractivity contribution >= 4 is 32.8 Å². The molecule has 0 spiro atoms. The fourth-order valence-electron chi connectivity index (χ4n) is 1.30. The largest absolute Gasteiger partial charge is 0.478 e. The van der Waals surface area contributed by atoms with Crippen LogP contribution < -0.4 is 0 Å². The van der Waals surface area contributed by atoms with Crippen LogP contribution >= 0.6 is 15.9 Å². The smallest absolute Gasteiger partial charge is 0.337 e. The Balaban J connectivity index is 2.84. The highest BCUT2D eigenvalue weighted by molar-refractivity contribution is 9.10. The van der Waals surface area contributed by atoms with Gasteiger partial charge in [-0.05, 0) is 28.1 Å². The Labute approximate surface area is 88.5 Å². The Hall–Kier alpha value is -1.42. The van der Waals surface area contributed by atoms with E-state index in [1.165, 1.54) is 0 Å². The number of hydrogen-bond donors (Lipinski definition) is 1. The molecule has 0 radical (unpaired) electrons. The maximum atomic E-state index is 10.9. The quantitative estimate of drug-likeness (QED) is 0.794. The van der Waals surface area contributed by atoms with Crippen molar-refractivity contribution < 1.29 is 9.90 Å². The molecule has 2 rings (SSSR count). The van der Waals surface area contributed by atoms with Crippen molar-refractivity contribution in [2.45, 2.75) is 0 Å². The SMILES string of the molecule is O=C(O)c1cccc2ccc(Br)nc12. The molecule has 0 amide bonds. The number of carbonyl (C=O) groups is 1. The maximum absolute atomic E-state index is 10.9. The summed E-state index contributed by atoms with van der Waals surface area (Å²) in [5.74, 6) is -0.957. The second-order valence-electron chi connectivity index (χ2n) is 2.82. The second-order valence-corrected chi connectivity index (χ2v) is 3.63. The second kappa shape index (κ2) is 3.38. The van der Waals surface area contributed by atoms with E-state index in [2.05, 4.69) is 20.9 Å². The number of aromatic nitrogens is 1. The molecule has 3 nitrogen and oxygen atoms in total. The zero-order chi connectivity index (χ0) is 10.1. The van der Waals surface area contributed by atoms with E-state index in [0.29, 0.717) is 10.1 Å².